The van der Waals surface area contributed by atoms with E-state index in [-0.39, 0.29) is 10.8 Å². The van der Waals surface area contributed by atoms with Crippen LogP contribution in [0.2, 0.25) is 0 Å². The third-order valence-corrected chi connectivity index (χ3v) is 6.50. The van der Waals surface area contributed by atoms with Crippen LogP contribution in [-0.4, -0.2) is 13.1 Å². The molecule has 0 atom stereocenters. The molecule has 1 aromatic heterocycles. The van der Waals surface area contributed by atoms with Gasteiger partial charge in [-0.2, -0.15) is 0 Å². The molecule has 7 heteroatoms. The van der Waals surface area contributed by atoms with Crippen molar-refractivity contribution >= 4 is 17.0 Å². The first kappa shape index (κ1) is 26.8. The zero-order valence-electron chi connectivity index (χ0n) is 19.2. The van der Waals surface area contributed by atoms with Crippen molar-refractivity contribution in [1.29, 1.82) is 0 Å². The van der Waals surface area contributed by atoms with Gasteiger partial charge in [0.25, 0.3) is 0 Å². The zero-order valence-corrected chi connectivity index (χ0v) is 20.8. The summed E-state index contributed by atoms with van der Waals surface area (Å²) < 4.78 is 34.0. The van der Waals surface area contributed by atoms with E-state index in [9.17, 15) is 0 Å². The van der Waals surface area contributed by atoms with E-state index >= 15 is 0 Å². The molecule has 0 saturated carbocycles. The number of halogens is 1. The molecule has 30 heavy (non-hydrogen) atoms. The second-order valence-electron chi connectivity index (χ2n) is 9.17. The molecule has 2 aromatic rings. The van der Waals surface area contributed by atoms with Gasteiger partial charge in [0.15, 0.2) is 0 Å². The second-order valence-corrected chi connectivity index (χ2v) is 11.0. The zero-order chi connectivity index (χ0) is 23.3. The fourth-order valence-electron chi connectivity index (χ4n) is 2.86. The first-order valence-corrected chi connectivity index (χ1v) is 12.1. The summed E-state index contributed by atoms with van der Waals surface area (Å²) in [5.41, 5.74) is 4.28. The maximum absolute atomic E-state index is 8.49. The highest BCUT2D eigenvalue weighted by Crippen LogP contribution is 2.38. The van der Waals surface area contributed by atoms with Gasteiger partial charge >= 0.3 is 0 Å². The van der Waals surface area contributed by atoms with Gasteiger partial charge in [0.05, 0.1) is 0 Å². The first-order chi connectivity index (χ1) is 13.6. The van der Waals surface area contributed by atoms with Crippen molar-refractivity contribution in [2.24, 2.45) is 0 Å². The summed E-state index contributed by atoms with van der Waals surface area (Å²) in [5, 5.41) is 0. The Morgan fingerprint density at radius 2 is 1.10 bits per heavy atom. The standard InChI is InChI=1S/C23H34NS.ClHO4/c1-9-24(10-2)19-13-11-17(12-14-19)18-15-20(22(3,4)5)25-21(16-18)23(6,7)8;2-1(3,4)5/h11-16H,9-10H2,1-8H3;(H,2,3,4,5)/q+1;/p-1. The van der Waals surface area contributed by atoms with Crippen LogP contribution in [0.3, 0.4) is 0 Å². The second kappa shape index (κ2) is 10.4. The summed E-state index contributed by atoms with van der Waals surface area (Å²) >= 11 is 1.95. The number of rotatable bonds is 4. The Balaban J connectivity index is 0.000000804. The van der Waals surface area contributed by atoms with Crippen molar-refractivity contribution in [3.63, 3.8) is 0 Å². The van der Waals surface area contributed by atoms with Crippen molar-refractivity contribution in [1.82, 2.24) is 0 Å². The van der Waals surface area contributed by atoms with E-state index in [2.05, 4.69) is 96.7 Å². The summed E-state index contributed by atoms with van der Waals surface area (Å²) in [6.07, 6.45) is 0. The highest BCUT2D eigenvalue weighted by molar-refractivity contribution is 7.12. The van der Waals surface area contributed by atoms with Crippen LogP contribution >= 0.6 is 11.3 Å². The summed E-state index contributed by atoms with van der Waals surface area (Å²) in [7, 11) is -4.94. The molecule has 2 rings (SSSR count). The molecule has 0 aliphatic carbocycles. The molecule has 0 bridgehead atoms. The van der Waals surface area contributed by atoms with Crippen molar-refractivity contribution in [2.75, 3.05) is 18.0 Å². The summed E-state index contributed by atoms with van der Waals surface area (Å²) in [6.45, 7) is 20.3. The van der Waals surface area contributed by atoms with Crippen molar-refractivity contribution in [3.8, 4) is 11.1 Å². The number of nitrogens with zero attached hydrogens (tertiary/aromatic N) is 1. The molecule has 5 nitrogen and oxygen atoms in total. The lowest BCUT2D eigenvalue weighted by Gasteiger charge is -2.21. The van der Waals surface area contributed by atoms with Crippen molar-refractivity contribution in [2.45, 2.75) is 66.2 Å². The Labute approximate surface area is 187 Å². The van der Waals surface area contributed by atoms with Gasteiger partial charge < -0.3 is 4.90 Å². The molecule has 0 fully saturated rings. The monoisotopic (exact) mass is 455 g/mol. The van der Waals surface area contributed by atoms with Gasteiger partial charge in [0.1, 0.15) is 0 Å². The third-order valence-electron chi connectivity index (χ3n) is 4.60. The summed E-state index contributed by atoms with van der Waals surface area (Å²) in [5.74, 6) is 0. The van der Waals surface area contributed by atoms with Gasteiger partial charge in [-0.25, -0.2) is 18.6 Å². The van der Waals surface area contributed by atoms with E-state index in [1.165, 1.54) is 26.6 Å². The predicted octanol–water partition coefficient (Wildman–Crippen LogP) is 2.38. The minimum atomic E-state index is -4.94. The van der Waals surface area contributed by atoms with Crippen molar-refractivity contribution in [3.05, 3.63) is 46.2 Å². The number of hydrogen-bond acceptors (Lipinski definition) is 5. The molecular formula is C23H34ClNO4S. The van der Waals surface area contributed by atoms with E-state index in [0.717, 1.165) is 13.1 Å². The van der Waals surface area contributed by atoms with E-state index < -0.39 is 10.2 Å². The molecule has 1 aromatic carbocycles. The average Bonchev–Trinajstić information content (AvgIpc) is 2.60. The molecule has 0 amide bonds. The van der Waals surface area contributed by atoms with E-state index in [4.69, 9.17) is 18.6 Å². The van der Waals surface area contributed by atoms with Gasteiger partial charge in [-0.3, -0.25) is 0 Å². The van der Waals surface area contributed by atoms with Crippen LogP contribution < -0.4 is 23.5 Å². The SMILES string of the molecule is CCN(CC)c1ccc(-c2cc(C(C)(C)C)[s+]c(C(C)(C)C)c2)cc1.[O-][Cl+3]([O-])([O-])[O-]. The van der Waals surface area contributed by atoms with E-state index in [1.807, 2.05) is 11.3 Å². The van der Waals surface area contributed by atoms with E-state index in [1.54, 1.807) is 0 Å². The summed E-state index contributed by atoms with van der Waals surface area (Å²) in [4.78, 5) is 5.28. The Morgan fingerprint density at radius 1 is 0.733 bits per heavy atom. The molecule has 168 valence electrons. The first-order valence-electron chi connectivity index (χ1n) is 10.0. The number of anilines is 1. The minimum absolute atomic E-state index is 0.168. The average molecular weight is 456 g/mol. The van der Waals surface area contributed by atoms with Gasteiger partial charge in [0.2, 0.25) is 21.1 Å². The summed E-state index contributed by atoms with van der Waals surface area (Å²) in [6, 6.07) is 13.8. The van der Waals surface area contributed by atoms with Gasteiger partial charge in [-0.05, 0) is 37.1 Å². The van der Waals surface area contributed by atoms with Crippen molar-refractivity contribution < 1.29 is 28.9 Å². The molecule has 0 aliphatic rings. The van der Waals surface area contributed by atoms with Crippen LogP contribution in [0.4, 0.5) is 5.69 Å². The van der Waals surface area contributed by atoms with Crippen LogP contribution in [0.1, 0.15) is 65.1 Å². The van der Waals surface area contributed by atoms with Gasteiger partial charge in [0, 0.05) is 41.7 Å². The van der Waals surface area contributed by atoms with Gasteiger partial charge in [-0.1, -0.05) is 53.7 Å². The quantitative estimate of drug-likeness (QED) is 0.659. The van der Waals surface area contributed by atoms with Crippen LogP contribution in [0.25, 0.3) is 11.1 Å². The Morgan fingerprint density at radius 3 is 1.40 bits per heavy atom. The highest BCUT2D eigenvalue weighted by atomic mass is 35.7. The van der Waals surface area contributed by atoms with E-state index in [0.29, 0.717) is 0 Å². The molecule has 0 saturated heterocycles. The Hall–Kier alpha value is -1.28. The van der Waals surface area contributed by atoms with Crippen LogP contribution in [0.5, 0.6) is 0 Å². The third kappa shape index (κ3) is 8.84. The largest absolute Gasteiger partial charge is 0.372 e. The molecule has 0 aliphatic heterocycles. The van der Waals surface area contributed by atoms with Crippen LogP contribution in [-0.2, 0) is 10.8 Å². The topological polar surface area (TPSA) is 95.5 Å². The lowest BCUT2D eigenvalue weighted by Crippen LogP contribution is -2.68. The molecule has 0 unspecified atom stereocenters. The maximum Gasteiger partial charge on any atom is 0.219 e. The highest BCUT2D eigenvalue weighted by Gasteiger charge is 2.32. The van der Waals surface area contributed by atoms with Crippen LogP contribution in [0.15, 0.2) is 36.4 Å². The Kier molecular flexibility index (Phi) is 9.23. The molecule has 0 N–H and O–H groups in total. The smallest absolute Gasteiger partial charge is 0.219 e. The Bertz CT molecular complexity index is 764. The lowest BCUT2D eigenvalue weighted by atomic mass is 9.90. The fraction of sp³-hybridized carbons (Fsp3) is 0.522. The van der Waals surface area contributed by atoms with Gasteiger partial charge in [-0.15, -0.1) is 10.2 Å². The molecule has 1 heterocycles. The fourth-order valence-corrected chi connectivity index (χ4v) is 4.08. The normalized spacial score (nSPS) is 12.3. The predicted molar refractivity (Wildman–Crippen MR) is 115 cm³/mol. The molecule has 0 radical (unpaired) electrons. The number of benzene rings is 1. The lowest BCUT2D eigenvalue weighted by molar-refractivity contribution is -2.00. The minimum Gasteiger partial charge on any atom is -0.372 e. The number of hydrogen-bond donors (Lipinski definition) is 0. The maximum atomic E-state index is 8.49. The molecule has 0 spiro atoms. The molecular weight excluding hydrogens is 422 g/mol. The van der Waals surface area contributed by atoms with Crippen LogP contribution in [0, 0.1) is 10.2 Å².